The van der Waals surface area contributed by atoms with Crippen LogP contribution in [0.3, 0.4) is 0 Å². The van der Waals surface area contributed by atoms with Crippen LogP contribution in [-0.4, -0.2) is 43.0 Å². The lowest BCUT2D eigenvalue weighted by Gasteiger charge is -2.26. The van der Waals surface area contributed by atoms with Gasteiger partial charge in [0.15, 0.2) is 0 Å². The van der Waals surface area contributed by atoms with Gasteiger partial charge in [-0.05, 0) is 37.8 Å². The summed E-state index contributed by atoms with van der Waals surface area (Å²) >= 11 is 0. The van der Waals surface area contributed by atoms with Gasteiger partial charge in [0.25, 0.3) is 5.69 Å². The van der Waals surface area contributed by atoms with Gasteiger partial charge >= 0.3 is 0 Å². The first-order valence-electron chi connectivity index (χ1n) is 7.49. The van der Waals surface area contributed by atoms with E-state index in [0.29, 0.717) is 25.7 Å². The van der Waals surface area contributed by atoms with Crippen molar-refractivity contribution < 1.29 is 23.2 Å². The second-order valence-corrected chi connectivity index (χ2v) is 7.42. The van der Waals surface area contributed by atoms with Crippen molar-refractivity contribution in [2.75, 3.05) is 6.54 Å². The molecule has 0 unspecified atom stereocenters. The molecule has 1 saturated carbocycles. The Balaban J connectivity index is 1.87. The molecule has 1 aliphatic carbocycles. The smallest absolute Gasteiger partial charge is 0.269 e. The molecule has 1 fully saturated rings. The molecule has 0 radical (unpaired) electrons. The zero-order valence-corrected chi connectivity index (χ0v) is 13.7. The molecular formula is C14H19N3O6S. The standard InChI is InChI=1S/C14H19N3O6S/c18-12-5-1-10(2-6-12)16-14(19)9-15-24(22,23)13-7-3-11(4-8-13)17(20)21/h3-4,7-8,10,12,15,18H,1-2,5-6,9H2,(H,16,19). The van der Waals surface area contributed by atoms with Crippen LogP contribution >= 0.6 is 0 Å². The summed E-state index contributed by atoms with van der Waals surface area (Å²) in [5.74, 6) is -0.457. The number of benzene rings is 1. The highest BCUT2D eigenvalue weighted by molar-refractivity contribution is 7.89. The van der Waals surface area contributed by atoms with E-state index in [4.69, 9.17) is 0 Å². The van der Waals surface area contributed by atoms with Crippen LogP contribution in [0.15, 0.2) is 29.2 Å². The number of aliphatic hydroxyl groups is 1. The molecule has 2 rings (SSSR count). The van der Waals surface area contributed by atoms with E-state index in [2.05, 4.69) is 10.0 Å². The Morgan fingerprint density at radius 2 is 1.79 bits per heavy atom. The fourth-order valence-corrected chi connectivity index (χ4v) is 3.47. The number of hydrogen-bond acceptors (Lipinski definition) is 6. The number of nitro groups is 1. The number of carbonyl (C=O) groups excluding carboxylic acids is 1. The van der Waals surface area contributed by atoms with E-state index in [-0.39, 0.29) is 22.7 Å². The molecule has 0 bridgehead atoms. The summed E-state index contributed by atoms with van der Waals surface area (Å²) < 4.78 is 26.3. The van der Waals surface area contributed by atoms with Crippen molar-refractivity contribution >= 4 is 21.6 Å². The average molecular weight is 357 g/mol. The van der Waals surface area contributed by atoms with Gasteiger partial charge in [0.1, 0.15) is 0 Å². The minimum atomic E-state index is -3.92. The van der Waals surface area contributed by atoms with Gasteiger partial charge in [-0.25, -0.2) is 13.1 Å². The van der Waals surface area contributed by atoms with Gasteiger partial charge in [0.2, 0.25) is 15.9 Å². The van der Waals surface area contributed by atoms with Crippen molar-refractivity contribution in [1.29, 1.82) is 0 Å². The van der Waals surface area contributed by atoms with Crippen molar-refractivity contribution in [1.82, 2.24) is 10.0 Å². The van der Waals surface area contributed by atoms with Crippen LogP contribution in [0.1, 0.15) is 25.7 Å². The lowest BCUT2D eigenvalue weighted by molar-refractivity contribution is -0.384. The van der Waals surface area contributed by atoms with Gasteiger partial charge < -0.3 is 10.4 Å². The second kappa shape index (κ2) is 7.69. The Morgan fingerprint density at radius 3 is 2.33 bits per heavy atom. The van der Waals surface area contributed by atoms with Crippen molar-refractivity contribution in [3.05, 3.63) is 34.4 Å². The lowest BCUT2D eigenvalue weighted by Crippen LogP contribution is -2.43. The lowest BCUT2D eigenvalue weighted by atomic mass is 9.93. The molecule has 0 atom stereocenters. The predicted octanol–water partition coefficient (Wildman–Crippen LogP) is 0.293. The van der Waals surface area contributed by atoms with Crippen LogP contribution in [0, 0.1) is 10.1 Å². The highest BCUT2D eigenvalue weighted by Gasteiger charge is 2.22. The molecule has 1 aromatic rings. The fraction of sp³-hybridized carbons (Fsp3) is 0.500. The van der Waals surface area contributed by atoms with E-state index >= 15 is 0 Å². The molecule has 0 aliphatic heterocycles. The Bertz CT molecular complexity index is 696. The van der Waals surface area contributed by atoms with Crippen molar-refractivity contribution in [3.63, 3.8) is 0 Å². The summed E-state index contributed by atoms with van der Waals surface area (Å²) in [5, 5.41) is 22.7. The molecule has 1 amide bonds. The van der Waals surface area contributed by atoms with Crippen LogP contribution in [0.25, 0.3) is 0 Å². The Kier molecular flexibility index (Phi) is 5.86. The molecular weight excluding hydrogens is 338 g/mol. The summed E-state index contributed by atoms with van der Waals surface area (Å²) in [4.78, 5) is 21.6. The summed E-state index contributed by atoms with van der Waals surface area (Å²) in [6, 6.07) is 4.33. The first kappa shape index (κ1) is 18.3. The number of sulfonamides is 1. The quantitative estimate of drug-likeness (QED) is 0.494. The van der Waals surface area contributed by atoms with E-state index < -0.39 is 27.4 Å². The summed E-state index contributed by atoms with van der Waals surface area (Å²) in [6.07, 6.45) is 2.20. The number of nitrogens with zero attached hydrogens (tertiary/aromatic N) is 1. The predicted molar refractivity (Wildman–Crippen MR) is 84.7 cm³/mol. The summed E-state index contributed by atoms with van der Waals surface area (Å²) in [6.45, 7) is -0.418. The topological polar surface area (TPSA) is 139 Å². The van der Waals surface area contributed by atoms with E-state index in [9.17, 15) is 28.4 Å². The van der Waals surface area contributed by atoms with Gasteiger partial charge in [0.05, 0.1) is 22.5 Å². The molecule has 0 spiro atoms. The minimum Gasteiger partial charge on any atom is -0.393 e. The van der Waals surface area contributed by atoms with Crippen LogP contribution in [0.2, 0.25) is 0 Å². The molecule has 132 valence electrons. The molecule has 1 aliphatic rings. The monoisotopic (exact) mass is 357 g/mol. The zero-order valence-electron chi connectivity index (χ0n) is 12.8. The number of non-ortho nitro benzene ring substituents is 1. The molecule has 9 nitrogen and oxygen atoms in total. The molecule has 1 aromatic carbocycles. The fourth-order valence-electron chi connectivity index (χ4n) is 2.49. The number of nitro benzene ring substituents is 1. The molecule has 3 N–H and O–H groups in total. The maximum absolute atomic E-state index is 12.1. The molecule has 10 heteroatoms. The number of nitrogens with one attached hydrogen (secondary N) is 2. The third-order valence-corrected chi connectivity index (χ3v) is 5.26. The van der Waals surface area contributed by atoms with Crippen LogP contribution in [-0.2, 0) is 14.8 Å². The van der Waals surface area contributed by atoms with E-state index in [0.717, 1.165) is 24.3 Å². The van der Waals surface area contributed by atoms with Crippen LogP contribution < -0.4 is 10.0 Å². The molecule has 0 heterocycles. The van der Waals surface area contributed by atoms with E-state index in [1.807, 2.05) is 0 Å². The Labute approximate surface area is 139 Å². The second-order valence-electron chi connectivity index (χ2n) is 5.65. The molecule has 24 heavy (non-hydrogen) atoms. The normalized spacial score (nSPS) is 21.2. The SMILES string of the molecule is O=C(CNS(=O)(=O)c1ccc([N+](=O)[O-])cc1)NC1CCC(O)CC1. The third-order valence-electron chi connectivity index (χ3n) is 3.84. The third kappa shape index (κ3) is 4.98. The number of hydrogen-bond donors (Lipinski definition) is 3. The maximum Gasteiger partial charge on any atom is 0.269 e. The highest BCUT2D eigenvalue weighted by atomic mass is 32.2. The van der Waals surface area contributed by atoms with Gasteiger partial charge in [-0.15, -0.1) is 0 Å². The van der Waals surface area contributed by atoms with Gasteiger partial charge in [-0.1, -0.05) is 0 Å². The van der Waals surface area contributed by atoms with Gasteiger partial charge in [-0.2, -0.15) is 0 Å². The Morgan fingerprint density at radius 1 is 1.21 bits per heavy atom. The highest BCUT2D eigenvalue weighted by Crippen LogP contribution is 2.18. The summed E-state index contributed by atoms with van der Waals surface area (Å²) in [7, 11) is -3.92. The number of aliphatic hydroxyl groups excluding tert-OH is 1. The van der Waals surface area contributed by atoms with E-state index in [1.54, 1.807) is 0 Å². The first-order valence-corrected chi connectivity index (χ1v) is 8.98. The van der Waals surface area contributed by atoms with Crippen LogP contribution in [0.4, 0.5) is 5.69 Å². The molecule has 0 saturated heterocycles. The summed E-state index contributed by atoms with van der Waals surface area (Å²) in [5.41, 5.74) is -0.217. The van der Waals surface area contributed by atoms with Gasteiger partial charge in [-0.3, -0.25) is 14.9 Å². The number of amides is 1. The number of carbonyl (C=O) groups is 1. The van der Waals surface area contributed by atoms with Crippen molar-refractivity contribution in [3.8, 4) is 0 Å². The number of rotatable bonds is 6. The zero-order chi connectivity index (χ0) is 17.7. The minimum absolute atomic E-state index is 0.0650. The largest absolute Gasteiger partial charge is 0.393 e. The van der Waals surface area contributed by atoms with E-state index in [1.165, 1.54) is 0 Å². The Hall–Kier alpha value is -2.04. The van der Waals surface area contributed by atoms with Crippen LogP contribution in [0.5, 0.6) is 0 Å². The van der Waals surface area contributed by atoms with Crippen molar-refractivity contribution in [2.45, 2.75) is 42.7 Å². The average Bonchev–Trinajstić information content (AvgIpc) is 2.55. The molecule has 0 aromatic heterocycles. The maximum atomic E-state index is 12.1. The van der Waals surface area contributed by atoms with Crippen molar-refractivity contribution in [2.24, 2.45) is 0 Å². The first-order chi connectivity index (χ1) is 11.3. The van der Waals surface area contributed by atoms with Gasteiger partial charge in [0, 0.05) is 18.2 Å².